The largest absolute Gasteiger partial charge is 1.00 e. The third kappa shape index (κ3) is 3.39. The molecular weight excluding hydrogens is 363 g/mol. The molecule has 3 unspecified atom stereocenters. The van der Waals surface area contributed by atoms with Gasteiger partial charge in [-0.25, -0.2) is 0 Å². The fourth-order valence-corrected chi connectivity index (χ4v) is 7.71. The number of ketones is 1. The predicted molar refractivity (Wildman–Crippen MR) is 99.1 cm³/mol. The van der Waals surface area contributed by atoms with Crippen LogP contribution in [0.4, 0.5) is 0 Å². The Labute approximate surface area is 206 Å². The number of carbonyl (C=O) groups is 2. The average Bonchev–Trinajstić information content (AvgIpc) is 2.86. The SMILES string of the molecule is C[C@@]1(CCC(=O)[O-])CCC2C3CCC4=CC(=O)CC[C@]4(C)C3CC[C@@]21C.[K+]. The van der Waals surface area contributed by atoms with Gasteiger partial charge in [0.2, 0.25) is 0 Å². The normalized spacial score (nSPS) is 45.8. The summed E-state index contributed by atoms with van der Waals surface area (Å²) in [5.74, 6) is 1.58. The standard InChI is InChI=1S/C23H34O3.K/c1-21(11-9-20(25)26)10-7-19-17-5-4-15-14-16(24)6-12-22(15,2)18(17)8-13-23(19,21)3;/h14,17-19H,4-13H2,1-3H3,(H,25,26);/q;+1/p-1/t17?,18?,19?,21-,22-,23-;/m0./s1. The van der Waals surface area contributed by atoms with E-state index in [-0.39, 0.29) is 74.1 Å². The second kappa shape index (κ2) is 7.65. The van der Waals surface area contributed by atoms with Gasteiger partial charge in [-0.1, -0.05) is 26.3 Å². The Kier molecular flexibility index (Phi) is 6.29. The van der Waals surface area contributed by atoms with Crippen molar-refractivity contribution >= 4 is 11.8 Å². The summed E-state index contributed by atoms with van der Waals surface area (Å²) in [5.41, 5.74) is 2.03. The zero-order valence-corrected chi connectivity index (χ0v) is 20.7. The third-order valence-corrected chi connectivity index (χ3v) is 9.62. The van der Waals surface area contributed by atoms with Crippen LogP contribution < -0.4 is 56.5 Å². The second-order valence-electron chi connectivity index (χ2n) is 10.4. The van der Waals surface area contributed by atoms with E-state index in [9.17, 15) is 14.7 Å². The molecule has 0 aromatic rings. The Morgan fingerprint density at radius 1 is 1.07 bits per heavy atom. The van der Waals surface area contributed by atoms with Crippen molar-refractivity contribution < 1.29 is 66.1 Å². The first-order valence-corrected chi connectivity index (χ1v) is 10.6. The summed E-state index contributed by atoms with van der Waals surface area (Å²) in [7, 11) is 0. The maximum atomic E-state index is 11.9. The van der Waals surface area contributed by atoms with Crippen LogP contribution in [0.15, 0.2) is 11.6 Å². The van der Waals surface area contributed by atoms with Crippen LogP contribution in [-0.4, -0.2) is 11.8 Å². The zero-order valence-electron chi connectivity index (χ0n) is 17.6. The van der Waals surface area contributed by atoms with Crippen molar-refractivity contribution in [2.75, 3.05) is 0 Å². The molecule has 0 radical (unpaired) electrons. The maximum absolute atomic E-state index is 11.9. The van der Waals surface area contributed by atoms with Gasteiger partial charge in [-0.3, -0.25) is 4.79 Å². The van der Waals surface area contributed by atoms with E-state index in [0.717, 1.165) is 31.6 Å². The minimum atomic E-state index is -0.904. The van der Waals surface area contributed by atoms with Crippen molar-refractivity contribution in [3.63, 3.8) is 0 Å². The Morgan fingerprint density at radius 2 is 1.78 bits per heavy atom. The van der Waals surface area contributed by atoms with Crippen LogP contribution in [0.3, 0.4) is 0 Å². The Balaban J connectivity index is 0.00000210. The van der Waals surface area contributed by atoms with E-state index in [1.165, 1.54) is 31.3 Å². The van der Waals surface area contributed by atoms with Gasteiger partial charge in [0.1, 0.15) is 0 Å². The number of carbonyl (C=O) groups excluding carboxylic acids is 2. The van der Waals surface area contributed by atoms with Gasteiger partial charge in [-0.2, -0.15) is 0 Å². The van der Waals surface area contributed by atoms with E-state index in [1.807, 2.05) is 6.08 Å². The molecule has 4 aliphatic rings. The monoisotopic (exact) mass is 396 g/mol. The van der Waals surface area contributed by atoms with E-state index in [2.05, 4.69) is 20.8 Å². The van der Waals surface area contributed by atoms with Crippen molar-refractivity contribution in [2.24, 2.45) is 34.0 Å². The summed E-state index contributed by atoms with van der Waals surface area (Å²) in [6.07, 6.45) is 11.8. The van der Waals surface area contributed by atoms with Crippen molar-refractivity contribution in [3.05, 3.63) is 11.6 Å². The number of allylic oxidation sites excluding steroid dienone is 1. The van der Waals surface area contributed by atoms with Gasteiger partial charge in [-0.15, -0.1) is 0 Å². The van der Waals surface area contributed by atoms with Crippen molar-refractivity contribution in [3.8, 4) is 0 Å². The number of carboxylic acids is 1. The van der Waals surface area contributed by atoms with Crippen LogP contribution in [0.2, 0.25) is 0 Å². The number of carboxylic acid groups (broad SMARTS) is 1. The average molecular weight is 397 g/mol. The molecule has 0 aromatic heterocycles. The smallest absolute Gasteiger partial charge is 0.550 e. The summed E-state index contributed by atoms with van der Waals surface area (Å²) in [5, 5.41) is 11.1. The molecule has 0 spiro atoms. The fraction of sp³-hybridized carbons (Fsp3) is 0.826. The summed E-state index contributed by atoms with van der Waals surface area (Å²) >= 11 is 0. The number of fused-ring (bicyclic) bond motifs is 5. The molecule has 4 heteroatoms. The molecule has 3 fully saturated rings. The number of aliphatic carboxylic acids is 1. The van der Waals surface area contributed by atoms with Gasteiger partial charge in [0.15, 0.2) is 5.78 Å². The van der Waals surface area contributed by atoms with Gasteiger partial charge < -0.3 is 9.90 Å². The zero-order chi connectivity index (χ0) is 18.7. The summed E-state index contributed by atoms with van der Waals surface area (Å²) in [4.78, 5) is 23.0. The summed E-state index contributed by atoms with van der Waals surface area (Å²) in [6.45, 7) is 7.22. The first kappa shape index (κ1) is 22.2. The van der Waals surface area contributed by atoms with Gasteiger partial charge in [0.05, 0.1) is 0 Å². The van der Waals surface area contributed by atoms with E-state index >= 15 is 0 Å². The van der Waals surface area contributed by atoms with E-state index in [1.54, 1.807) is 0 Å². The fourth-order valence-electron chi connectivity index (χ4n) is 7.71. The number of rotatable bonds is 3. The van der Waals surface area contributed by atoms with Crippen molar-refractivity contribution in [1.82, 2.24) is 0 Å². The Bertz CT molecular complexity index is 671. The molecule has 0 aliphatic heterocycles. The molecule has 0 bridgehead atoms. The van der Waals surface area contributed by atoms with E-state index in [4.69, 9.17) is 0 Å². The minimum absolute atomic E-state index is 0. The van der Waals surface area contributed by atoms with Gasteiger partial charge in [0, 0.05) is 12.4 Å². The molecule has 144 valence electrons. The van der Waals surface area contributed by atoms with Gasteiger partial charge >= 0.3 is 51.4 Å². The predicted octanol–water partition coefficient (Wildman–Crippen LogP) is 1.06. The summed E-state index contributed by atoms with van der Waals surface area (Å²) in [6, 6.07) is 0. The van der Waals surface area contributed by atoms with Crippen LogP contribution in [0.1, 0.15) is 85.0 Å². The molecule has 27 heavy (non-hydrogen) atoms. The number of hydrogen-bond acceptors (Lipinski definition) is 3. The molecule has 0 amide bonds. The molecular formula is C23H33KO3. The molecule has 0 heterocycles. The topological polar surface area (TPSA) is 57.2 Å². The molecule has 6 atom stereocenters. The molecule has 4 aliphatic carbocycles. The molecule has 0 saturated heterocycles. The second-order valence-corrected chi connectivity index (χ2v) is 10.4. The quantitative estimate of drug-likeness (QED) is 0.670. The minimum Gasteiger partial charge on any atom is -0.550 e. The maximum Gasteiger partial charge on any atom is 1.00 e. The molecule has 0 N–H and O–H groups in total. The molecule has 3 saturated carbocycles. The molecule has 3 nitrogen and oxygen atoms in total. The van der Waals surface area contributed by atoms with E-state index in [0.29, 0.717) is 24.0 Å². The Hall–Kier alpha value is 0.516. The first-order chi connectivity index (χ1) is 12.2. The van der Waals surface area contributed by atoms with Crippen LogP contribution in [-0.2, 0) is 9.59 Å². The third-order valence-electron chi connectivity index (χ3n) is 9.62. The number of hydrogen-bond donors (Lipinski definition) is 0. The van der Waals surface area contributed by atoms with Crippen LogP contribution in [0.5, 0.6) is 0 Å². The van der Waals surface area contributed by atoms with E-state index < -0.39 is 5.97 Å². The molecule has 0 aromatic carbocycles. The van der Waals surface area contributed by atoms with Crippen LogP contribution in [0, 0.1) is 34.0 Å². The van der Waals surface area contributed by atoms with Gasteiger partial charge in [-0.05, 0) is 97.9 Å². The van der Waals surface area contributed by atoms with Crippen molar-refractivity contribution in [1.29, 1.82) is 0 Å². The van der Waals surface area contributed by atoms with Crippen LogP contribution >= 0.6 is 0 Å². The molecule has 4 rings (SSSR count). The van der Waals surface area contributed by atoms with Gasteiger partial charge in [0.25, 0.3) is 0 Å². The van der Waals surface area contributed by atoms with Crippen molar-refractivity contribution in [2.45, 2.75) is 85.0 Å². The first-order valence-electron chi connectivity index (χ1n) is 10.6. The Morgan fingerprint density at radius 3 is 2.48 bits per heavy atom. The van der Waals surface area contributed by atoms with Crippen LogP contribution in [0.25, 0.3) is 0 Å². The summed E-state index contributed by atoms with van der Waals surface area (Å²) < 4.78 is 0.